The van der Waals surface area contributed by atoms with E-state index in [1.807, 2.05) is 60.7 Å². The van der Waals surface area contributed by atoms with Crippen molar-refractivity contribution in [3.63, 3.8) is 0 Å². The van der Waals surface area contributed by atoms with Crippen LogP contribution >= 0.6 is 34.2 Å². The molecule has 5 nitrogen and oxygen atoms in total. The summed E-state index contributed by atoms with van der Waals surface area (Å²) in [6, 6.07) is 18.5. The molecule has 30 heavy (non-hydrogen) atoms. The molecule has 0 spiro atoms. The highest BCUT2D eigenvalue weighted by molar-refractivity contribution is 14.1. The molecule has 4 aromatic rings. The van der Waals surface area contributed by atoms with Gasteiger partial charge in [-0.3, -0.25) is 9.36 Å². The maximum Gasteiger partial charge on any atom is 0.266 e. The van der Waals surface area contributed by atoms with Gasteiger partial charge in [-0.15, -0.1) is 0 Å². The SMILES string of the molecule is O=c1c2cc(I)ccc2nc(C=Cc2ccc3c(c2)OCO3)n1-c1ccc(Cl)cc1. The lowest BCUT2D eigenvalue weighted by Gasteiger charge is -2.12. The molecule has 0 radical (unpaired) electrons. The lowest BCUT2D eigenvalue weighted by molar-refractivity contribution is 0.174. The summed E-state index contributed by atoms with van der Waals surface area (Å²) in [4.78, 5) is 18.1. The molecule has 0 amide bonds. The monoisotopic (exact) mass is 528 g/mol. The molecule has 2 heterocycles. The zero-order chi connectivity index (χ0) is 20.7. The molecule has 1 aliphatic heterocycles. The Kier molecular flexibility index (Phi) is 4.96. The average molecular weight is 529 g/mol. The molecule has 7 heteroatoms. The van der Waals surface area contributed by atoms with Crippen molar-refractivity contribution in [2.45, 2.75) is 0 Å². The summed E-state index contributed by atoms with van der Waals surface area (Å²) in [6.07, 6.45) is 3.72. The van der Waals surface area contributed by atoms with E-state index in [0.717, 1.165) is 14.9 Å². The highest BCUT2D eigenvalue weighted by Gasteiger charge is 2.14. The number of hydrogen-bond acceptors (Lipinski definition) is 4. The Morgan fingerprint density at radius 2 is 1.77 bits per heavy atom. The number of ether oxygens (including phenoxy) is 2. The molecule has 0 unspecified atom stereocenters. The third-order valence-electron chi connectivity index (χ3n) is 4.76. The second kappa shape index (κ2) is 7.77. The van der Waals surface area contributed by atoms with Crippen molar-refractivity contribution in [3.8, 4) is 17.2 Å². The standard InChI is InChI=1S/C23H14ClIN2O3/c24-15-3-6-17(7-4-15)27-22(26-19-8-5-16(25)12-18(19)23(27)28)10-2-14-1-9-20-21(11-14)30-13-29-20/h1-12H,13H2. The van der Waals surface area contributed by atoms with E-state index in [9.17, 15) is 4.79 Å². The van der Waals surface area contributed by atoms with Crippen molar-refractivity contribution < 1.29 is 9.47 Å². The van der Waals surface area contributed by atoms with E-state index in [2.05, 4.69) is 22.6 Å². The van der Waals surface area contributed by atoms with Gasteiger partial charge in [0, 0.05) is 8.59 Å². The zero-order valence-corrected chi connectivity index (χ0v) is 18.4. The third-order valence-corrected chi connectivity index (χ3v) is 5.69. The first kappa shape index (κ1) is 19.1. The van der Waals surface area contributed by atoms with E-state index in [-0.39, 0.29) is 12.4 Å². The van der Waals surface area contributed by atoms with E-state index < -0.39 is 0 Å². The maximum absolute atomic E-state index is 13.4. The minimum Gasteiger partial charge on any atom is -0.454 e. The van der Waals surface area contributed by atoms with Crippen LogP contribution in [0, 0.1) is 3.57 Å². The molecule has 1 aliphatic rings. The lowest BCUT2D eigenvalue weighted by Crippen LogP contribution is -2.22. The van der Waals surface area contributed by atoms with Gasteiger partial charge in [-0.05, 0) is 88.8 Å². The van der Waals surface area contributed by atoms with Gasteiger partial charge in [0.2, 0.25) is 6.79 Å². The summed E-state index contributed by atoms with van der Waals surface area (Å²) in [6.45, 7) is 0.226. The Morgan fingerprint density at radius 1 is 0.967 bits per heavy atom. The van der Waals surface area contributed by atoms with E-state index >= 15 is 0 Å². The number of hydrogen-bond donors (Lipinski definition) is 0. The Hall–Kier alpha value is -2.84. The first-order chi connectivity index (χ1) is 14.6. The Bertz CT molecular complexity index is 1360. The van der Waals surface area contributed by atoms with Crippen LogP contribution in [0.5, 0.6) is 11.5 Å². The normalized spacial score (nSPS) is 12.7. The van der Waals surface area contributed by atoms with E-state index in [1.54, 1.807) is 16.7 Å². The molecule has 0 atom stereocenters. The van der Waals surface area contributed by atoms with Crippen LogP contribution in [0.3, 0.4) is 0 Å². The van der Waals surface area contributed by atoms with Crippen LogP contribution < -0.4 is 15.0 Å². The number of rotatable bonds is 3. The lowest BCUT2D eigenvalue weighted by atomic mass is 10.1. The van der Waals surface area contributed by atoms with Gasteiger partial charge in [-0.25, -0.2) is 4.98 Å². The van der Waals surface area contributed by atoms with Crippen molar-refractivity contribution in [3.05, 3.63) is 91.0 Å². The highest BCUT2D eigenvalue weighted by Crippen LogP contribution is 2.33. The van der Waals surface area contributed by atoms with Crippen LogP contribution in [0.15, 0.2) is 65.5 Å². The van der Waals surface area contributed by atoms with Crippen LogP contribution in [-0.2, 0) is 0 Å². The number of aromatic nitrogens is 2. The van der Waals surface area contributed by atoms with Gasteiger partial charge in [0.05, 0.1) is 16.6 Å². The third kappa shape index (κ3) is 3.57. The molecule has 3 aromatic carbocycles. The summed E-state index contributed by atoms with van der Waals surface area (Å²) in [7, 11) is 0. The van der Waals surface area contributed by atoms with Gasteiger partial charge >= 0.3 is 0 Å². The fourth-order valence-corrected chi connectivity index (χ4v) is 3.93. The van der Waals surface area contributed by atoms with Crippen LogP contribution in [0.25, 0.3) is 28.7 Å². The predicted octanol–water partition coefficient (Wildman–Crippen LogP) is 5.54. The molecule has 5 rings (SSSR count). The molecule has 148 valence electrons. The smallest absolute Gasteiger partial charge is 0.266 e. The van der Waals surface area contributed by atoms with Crippen LogP contribution in [-0.4, -0.2) is 16.3 Å². The van der Waals surface area contributed by atoms with Gasteiger partial charge in [-0.1, -0.05) is 23.7 Å². The average Bonchev–Trinajstić information content (AvgIpc) is 3.22. The largest absolute Gasteiger partial charge is 0.454 e. The van der Waals surface area contributed by atoms with Crippen molar-refractivity contribution in [1.29, 1.82) is 0 Å². The van der Waals surface area contributed by atoms with Crippen molar-refractivity contribution >= 4 is 57.2 Å². The molecule has 0 saturated heterocycles. The Labute approximate surface area is 190 Å². The van der Waals surface area contributed by atoms with Gasteiger partial charge in [-0.2, -0.15) is 0 Å². The van der Waals surface area contributed by atoms with Crippen molar-refractivity contribution in [2.24, 2.45) is 0 Å². The number of halogens is 2. The van der Waals surface area contributed by atoms with Crippen LogP contribution in [0.4, 0.5) is 0 Å². The number of fused-ring (bicyclic) bond motifs is 2. The fraction of sp³-hybridized carbons (Fsp3) is 0.0435. The quantitative estimate of drug-likeness (QED) is 0.328. The molecular weight excluding hydrogens is 515 g/mol. The van der Waals surface area contributed by atoms with Crippen LogP contribution in [0.1, 0.15) is 11.4 Å². The molecule has 0 N–H and O–H groups in total. The van der Waals surface area contributed by atoms with Crippen molar-refractivity contribution in [2.75, 3.05) is 6.79 Å². The molecule has 0 aliphatic carbocycles. The Morgan fingerprint density at radius 3 is 2.60 bits per heavy atom. The van der Waals surface area contributed by atoms with Gasteiger partial charge in [0.15, 0.2) is 11.5 Å². The summed E-state index contributed by atoms with van der Waals surface area (Å²) in [5, 5.41) is 1.17. The maximum atomic E-state index is 13.4. The second-order valence-corrected chi connectivity index (χ2v) is 8.38. The first-order valence-corrected chi connectivity index (χ1v) is 10.6. The topological polar surface area (TPSA) is 53.4 Å². The molecule has 1 aromatic heterocycles. The molecule has 0 saturated carbocycles. The molecule has 0 bridgehead atoms. The Balaban J connectivity index is 1.68. The predicted molar refractivity (Wildman–Crippen MR) is 127 cm³/mol. The van der Waals surface area contributed by atoms with Gasteiger partial charge in [0.1, 0.15) is 5.82 Å². The van der Waals surface area contributed by atoms with Gasteiger partial charge in [0.25, 0.3) is 5.56 Å². The number of benzene rings is 3. The first-order valence-electron chi connectivity index (χ1n) is 9.14. The minimum atomic E-state index is -0.133. The summed E-state index contributed by atoms with van der Waals surface area (Å²) in [5.41, 5.74) is 2.13. The molecule has 0 fully saturated rings. The fourth-order valence-electron chi connectivity index (χ4n) is 3.31. The van der Waals surface area contributed by atoms with E-state index in [4.69, 9.17) is 26.1 Å². The van der Waals surface area contributed by atoms with E-state index in [1.165, 1.54) is 0 Å². The second-order valence-electron chi connectivity index (χ2n) is 6.69. The molecular formula is C23H14ClIN2O3. The zero-order valence-electron chi connectivity index (χ0n) is 15.5. The minimum absolute atomic E-state index is 0.133. The van der Waals surface area contributed by atoms with Crippen molar-refractivity contribution in [1.82, 2.24) is 9.55 Å². The van der Waals surface area contributed by atoms with Crippen LogP contribution in [0.2, 0.25) is 5.02 Å². The summed E-state index contributed by atoms with van der Waals surface area (Å²) in [5.74, 6) is 1.95. The summed E-state index contributed by atoms with van der Waals surface area (Å²) < 4.78 is 13.4. The van der Waals surface area contributed by atoms with Gasteiger partial charge < -0.3 is 9.47 Å². The van der Waals surface area contributed by atoms with E-state index in [0.29, 0.717) is 33.2 Å². The summed E-state index contributed by atoms with van der Waals surface area (Å²) >= 11 is 8.24. The highest BCUT2D eigenvalue weighted by atomic mass is 127. The number of nitrogens with zero attached hydrogens (tertiary/aromatic N) is 2.